The minimum Gasteiger partial charge on any atom is -0.481 e. The maximum Gasteiger partial charge on any atom is 0.307 e. The molecule has 0 aromatic rings. The highest BCUT2D eigenvalue weighted by atomic mass is 16.4. The average molecular weight is 403 g/mol. The summed E-state index contributed by atoms with van der Waals surface area (Å²) in [4.78, 5) is 12.0. The fourth-order valence-electron chi connectivity index (χ4n) is 9.31. The lowest BCUT2D eigenvalue weighted by atomic mass is 9.34. The number of aliphatic hydroxyl groups excluding tert-OH is 1. The van der Waals surface area contributed by atoms with Crippen molar-refractivity contribution in [3.05, 3.63) is 11.6 Å². The molecule has 4 aliphatic rings. The molecule has 4 rings (SSSR count). The van der Waals surface area contributed by atoms with E-state index in [4.69, 9.17) is 0 Å². The number of hydrogen-bond acceptors (Lipinski definition) is 2. The van der Waals surface area contributed by atoms with Crippen LogP contribution in [0.4, 0.5) is 0 Å². The highest BCUT2D eigenvalue weighted by Gasteiger charge is 2.67. The Morgan fingerprint density at radius 2 is 1.59 bits per heavy atom. The molecule has 0 aliphatic heterocycles. The summed E-state index contributed by atoms with van der Waals surface area (Å²) in [5, 5.41) is 20.6. The van der Waals surface area contributed by atoms with Crippen LogP contribution in [-0.2, 0) is 4.79 Å². The zero-order valence-corrected chi connectivity index (χ0v) is 19.6. The van der Waals surface area contributed by atoms with E-state index in [0.717, 1.165) is 32.1 Å². The van der Waals surface area contributed by atoms with Crippen LogP contribution in [0.15, 0.2) is 11.6 Å². The third-order valence-electron chi connectivity index (χ3n) is 11.2. The Bertz CT molecular complexity index is 749. The summed E-state index contributed by atoms with van der Waals surface area (Å²) in [5.41, 5.74) is 1.61. The molecule has 0 radical (unpaired) electrons. The van der Waals surface area contributed by atoms with Crippen LogP contribution in [0.25, 0.3) is 0 Å². The number of aliphatic carboxylic acids is 1. The standard InChI is InChI=1S/C26H42O3/c1-22(2)16(21(28)29)10-14-25(6)18(22)8-9-19-24(5)13-12-20(27)23(3,4)17(24)11-15-26(19,25)7/h8,16-17,19-20,27H,9-15H2,1-7H3,(H,28,29)/t16-,17-,19+,20-,24+,25-,26-/m1/s1. The quantitative estimate of drug-likeness (QED) is 0.524. The van der Waals surface area contributed by atoms with Crippen molar-refractivity contribution in [1.82, 2.24) is 0 Å². The highest BCUT2D eigenvalue weighted by molar-refractivity contribution is 5.72. The first-order valence-corrected chi connectivity index (χ1v) is 11.8. The Kier molecular flexibility index (Phi) is 4.51. The fourth-order valence-corrected chi connectivity index (χ4v) is 9.31. The van der Waals surface area contributed by atoms with Gasteiger partial charge in [-0.3, -0.25) is 4.79 Å². The molecule has 3 nitrogen and oxygen atoms in total. The fraction of sp³-hybridized carbons (Fsp3) is 0.885. The number of rotatable bonds is 1. The van der Waals surface area contributed by atoms with E-state index in [9.17, 15) is 15.0 Å². The molecule has 0 heterocycles. The van der Waals surface area contributed by atoms with E-state index in [1.807, 2.05) is 0 Å². The van der Waals surface area contributed by atoms with Gasteiger partial charge in [-0.05, 0) is 83.9 Å². The van der Waals surface area contributed by atoms with Crippen LogP contribution in [0.3, 0.4) is 0 Å². The third kappa shape index (κ3) is 2.49. The van der Waals surface area contributed by atoms with Crippen molar-refractivity contribution >= 4 is 5.97 Å². The van der Waals surface area contributed by atoms with Crippen LogP contribution in [-0.4, -0.2) is 22.3 Å². The summed E-state index contributed by atoms with van der Waals surface area (Å²) in [7, 11) is 0. The van der Waals surface area contributed by atoms with Crippen molar-refractivity contribution in [1.29, 1.82) is 0 Å². The van der Waals surface area contributed by atoms with Crippen molar-refractivity contribution < 1.29 is 15.0 Å². The molecule has 0 saturated heterocycles. The van der Waals surface area contributed by atoms with Crippen molar-refractivity contribution in [2.45, 2.75) is 99.5 Å². The number of carboxylic acid groups (broad SMARTS) is 1. The summed E-state index contributed by atoms with van der Waals surface area (Å²) in [6.07, 6.45) is 9.50. The number of carbonyl (C=O) groups is 1. The monoisotopic (exact) mass is 402 g/mol. The molecule has 3 saturated carbocycles. The number of carboxylic acids is 1. The number of allylic oxidation sites excluding steroid dienone is 2. The minimum absolute atomic E-state index is 0.0283. The Balaban J connectivity index is 1.80. The van der Waals surface area contributed by atoms with Gasteiger partial charge in [-0.15, -0.1) is 0 Å². The first-order valence-electron chi connectivity index (χ1n) is 11.8. The molecule has 4 aliphatic carbocycles. The Morgan fingerprint density at radius 1 is 0.931 bits per heavy atom. The molecule has 2 N–H and O–H groups in total. The molecule has 0 aromatic heterocycles. The minimum atomic E-state index is -0.635. The molecular weight excluding hydrogens is 360 g/mol. The second-order valence-electron chi connectivity index (χ2n) is 12.8. The summed E-state index contributed by atoms with van der Waals surface area (Å²) >= 11 is 0. The van der Waals surface area contributed by atoms with Crippen LogP contribution < -0.4 is 0 Å². The lowest BCUT2D eigenvalue weighted by molar-refractivity contribution is -0.202. The van der Waals surface area contributed by atoms with Gasteiger partial charge >= 0.3 is 5.97 Å². The number of fused-ring (bicyclic) bond motifs is 5. The Labute approximate surface area is 177 Å². The van der Waals surface area contributed by atoms with Gasteiger partial charge in [0.05, 0.1) is 12.0 Å². The summed E-state index contributed by atoms with van der Waals surface area (Å²) in [6.45, 7) is 16.4. The van der Waals surface area contributed by atoms with E-state index < -0.39 is 5.97 Å². The maximum atomic E-state index is 12.0. The van der Waals surface area contributed by atoms with Gasteiger partial charge in [0, 0.05) is 0 Å². The third-order valence-corrected chi connectivity index (χ3v) is 11.2. The lowest BCUT2D eigenvalue weighted by Crippen LogP contribution is -2.64. The van der Waals surface area contributed by atoms with E-state index >= 15 is 0 Å². The van der Waals surface area contributed by atoms with Gasteiger partial charge < -0.3 is 10.2 Å². The molecule has 164 valence electrons. The second kappa shape index (κ2) is 6.11. The molecule has 3 fully saturated rings. The van der Waals surface area contributed by atoms with Crippen molar-refractivity contribution in [2.75, 3.05) is 0 Å². The van der Waals surface area contributed by atoms with E-state index in [1.54, 1.807) is 0 Å². The summed E-state index contributed by atoms with van der Waals surface area (Å²) in [5.74, 6) is 0.242. The van der Waals surface area contributed by atoms with Gasteiger partial charge in [-0.2, -0.15) is 0 Å². The molecule has 29 heavy (non-hydrogen) atoms. The largest absolute Gasteiger partial charge is 0.481 e. The summed E-state index contributed by atoms with van der Waals surface area (Å²) in [6, 6.07) is 0. The van der Waals surface area contributed by atoms with Gasteiger partial charge in [-0.25, -0.2) is 0 Å². The highest BCUT2D eigenvalue weighted by Crippen LogP contribution is 2.74. The average Bonchev–Trinajstić information content (AvgIpc) is 2.59. The van der Waals surface area contributed by atoms with E-state index in [2.05, 4.69) is 54.5 Å². The summed E-state index contributed by atoms with van der Waals surface area (Å²) < 4.78 is 0. The normalized spacial score (nSPS) is 50.6. The van der Waals surface area contributed by atoms with Crippen molar-refractivity contribution in [2.24, 2.45) is 44.8 Å². The van der Waals surface area contributed by atoms with Gasteiger partial charge in [-0.1, -0.05) is 60.1 Å². The van der Waals surface area contributed by atoms with Crippen molar-refractivity contribution in [3.8, 4) is 0 Å². The van der Waals surface area contributed by atoms with Gasteiger partial charge in [0.1, 0.15) is 0 Å². The van der Waals surface area contributed by atoms with Crippen LogP contribution in [0.1, 0.15) is 93.4 Å². The molecule has 0 amide bonds. The molecule has 7 atom stereocenters. The Hall–Kier alpha value is -0.830. The predicted molar refractivity (Wildman–Crippen MR) is 116 cm³/mol. The number of hydrogen-bond donors (Lipinski definition) is 2. The van der Waals surface area contributed by atoms with Gasteiger partial charge in [0.2, 0.25) is 0 Å². The predicted octanol–water partition coefficient (Wildman–Crippen LogP) is 6.06. The molecule has 0 bridgehead atoms. The first kappa shape index (κ1) is 21.4. The van der Waals surface area contributed by atoms with Crippen molar-refractivity contribution in [3.63, 3.8) is 0 Å². The zero-order chi connectivity index (χ0) is 21.6. The van der Waals surface area contributed by atoms with Crippen LogP contribution in [0, 0.1) is 44.8 Å². The van der Waals surface area contributed by atoms with Gasteiger partial charge in [0.15, 0.2) is 0 Å². The van der Waals surface area contributed by atoms with Crippen LogP contribution in [0.5, 0.6) is 0 Å². The van der Waals surface area contributed by atoms with Gasteiger partial charge in [0.25, 0.3) is 0 Å². The number of aliphatic hydroxyl groups is 1. The molecule has 0 unspecified atom stereocenters. The van der Waals surface area contributed by atoms with E-state index in [-0.39, 0.29) is 39.1 Å². The van der Waals surface area contributed by atoms with E-state index in [1.165, 1.54) is 18.4 Å². The molecule has 0 spiro atoms. The molecular formula is C26H42O3. The van der Waals surface area contributed by atoms with Crippen LogP contribution in [0.2, 0.25) is 0 Å². The lowest BCUT2D eigenvalue weighted by Gasteiger charge is -2.70. The Morgan fingerprint density at radius 3 is 2.21 bits per heavy atom. The smallest absolute Gasteiger partial charge is 0.307 e. The van der Waals surface area contributed by atoms with Crippen LogP contribution >= 0.6 is 0 Å². The SMILES string of the molecule is CC1(C)C2=CC[C@H]3[C@@]4(C)CC[C@@H](O)C(C)(C)[C@H]4CC[C@@]3(C)[C@]2(C)CC[C@@H]1C(=O)O. The molecule has 3 heteroatoms. The molecule has 0 aromatic carbocycles. The zero-order valence-electron chi connectivity index (χ0n) is 19.6. The maximum absolute atomic E-state index is 12.0. The van der Waals surface area contributed by atoms with E-state index in [0.29, 0.717) is 11.8 Å². The topological polar surface area (TPSA) is 57.5 Å². The second-order valence-corrected chi connectivity index (χ2v) is 12.8. The first-order chi connectivity index (χ1) is 13.2.